The van der Waals surface area contributed by atoms with Crippen molar-refractivity contribution in [3.63, 3.8) is 0 Å². The van der Waals surface area contributed by atoms with Gasteiger partial charge < -0.3 is 4.74 Å². The van der Waals surface area contributed by atoms with Crippen LogP contribution in [-0.4, -0.2) is 32.2 Å². The molecule has 0 fully saturated rings. The minimum Gasteiger partial charge on any atom is -0.464 e. The zero-order chi connectivity index (χ0) is 19.7. The molecule has 0 aliphatic heterocycles. The maximum absolute atomic E-state index is 12.0. The summed E-state index contributed by atoms with van der Waals surface area (Å²) in [5, 5.41) is 5.51. The van der Waals surface area contributed by atoms with Gasteiger partial charge in [-0.15, -0.1) is 0 Å². The highest BCUT2D eigenvalue weighted by atomic mass is 35.5. The number of rotatable bonds is 4. The standard InChI is InChI=1S/C20H15ClN4O2S/c1-12-6-5-7-13(10-12)18-22-19(28-24-18)17-11-15(20(26)27-2)23-25(17)16-9-4-3-8-14(16)21/h3-11H,1-2H3. The number of aromatic nitrogens is 4. The van der Waals surface area contributed by atoms with Crippen LogP contribution in [0.4, 0.5) is 0 Å². The Hall–Kier alpha value is -3.03. The summed E-state index contributed by atoms with van der Waals surface area (Å²) in [5.74, 6) is 0.0886. The molecule has 0 spiro atoms. The highest BCUT2D eigenvalue weighted by Gasteiger charge is 2.21. The summed E-state index contributed by atoms with van der Waals surface area (Å²) in [6.45, 7) is 2.02. The van der Waals surface area contributed by atoms with E-state index in [2.05, 4.69) is 14.5 Å². The first-order valence-electron chi connectivity index (χ1n) is 8.41. The van der Waals surface area contributed by atoms with Gasteiger partial charge in [-0.3, -0.25) is 0 Å². The average molecular weight is 411 g/mol. The Morgan fingerprint density at radius 1 is 1.14 bits per heavy atom. The molecule has 2 aromatic carbocycles. The van der Waals surface area contributed by atoms with Crippen molar-refractivity contribution in [2.24, 2.45) is 0 Å². The lowest BCUT2D eigenvalue weighted by molar-refractivity contribution is 0.0593. The van der Waals surface area contributed by atoms with Crippen molar-refractivity contribution in [3.8, 4) is 27.8 Å². The quantitative estimate of drug-likeness (QED) is 0.452. The monoisotopic (exact) mass is 410 g/mol. The predicted octanol–water partition coefficient (Wildman–Crippen LogP) is 4.81. The Kier molecular flexibility index (Phi) is 4.93. The second-order valence-electron chi connectivity index (χ2n) is 6.06. The molecule has 0 saturated heterocycles. The Morgan fingerprint density at radius 2 is 1.96 bits per heavy atom. The van der Waals surface area contributed by atoms with E-state index in [0.717, 1.165) is 11.1 Å². The summed E-state index contributed by atoms with van der Waals surface area (Å²) in [7, 11) is 1.32. The molecule has 8 heteroatoms. The number of nitrogens with zero attached hydrogens (tertiary/aromatic N) is 4. The first-order chi connectivity index (χ1) is 13.6. The molecule has 4 rings (SSSR count). The highest BCUT2D eigenvalue weighted by Crippen LogP contribution is 2.31. The van der Waals surface area contributed by atoms with Crippen LogP contribution in [0.3, 0.4) is 0 Å². The summed E-state index contributed by atoms with van der Waals surface area (Å²) >= 11 is 7.58. The molecule has 28 heavy (non-hydrogen) atoms. The average Bonchev–Trinajstić information content (AvgIpc) is 3.35. The number of methoxy groups -OCH3 is 1. The molecule has 0 amide bonds. The van der Waals surface area contributed by atoms with Crippen LogP contribution in [0.15, 0.2) is 54.6 Å². The first-order valence-corrected chi connectivity index (χ1v) is 9.56. The summed E-state index contributed by atoms with van der Waals surface area (Å²) in [6, 6.07) is 16.9. The van der Waals surface area contributed by atoms with Gasteiger partial charge in [0.1, 0.15) is 5.69 Å². The van der Waals surface area contributed by atoms with Gasteiger partial charge in [0.05, 0.1) is 17.8 Å². The molecule has 0 N–H and O–H groups in total. The normalized spacial score (nSPS) is 10.8. The number of carbonyl (C=O) groups excluding carboxylic acids is 1. The molecule has 0 atom stereocenters. The largest absolute Gasteiger partial charge is 0.464 e. The molecule has 0 aliphatic carbocycles. The number of hydrogen-bond acceptors (Lipinski definition) is 6. The molecular formula is C20H15ClN4O2S. The number of benzene rings is 2. The molecule has 2 heterocycles. The Balaban J connectivity index is 1.84. The van der Waals surface area contributed by atoms with Crippen molar-refractivity contribution < 1.29 is 9.53 Å². The smallest absolute Gasteiger partial charge is 0.358 e. The van der Waals surface area contributed by atoms with Crippen molar-refractivity contribution in [3.05, 3.63) is 70.9 Å². The number of aryl methyl sites for hydroxylation is 1. The van der Waals surface area contributed by atoms with Crippen molar-refractivity contribution >= 4 is 29.1 Å². The molecule has 0 bridgehead atoms. The fourth-order valence-corrected chi connectivity index (χ4v) is 3.68. The second kappa shape index (κ2) is 7.53. The number of halogens is 1. The van der Waals surface area contributed by atoms with Crippen LogP contribution in [0.2, 0.25) is 5.02 Å². The fourth-order valence-electron chi connectivity index (χ4n) is 2.77. The number of para-hydroxylation sites is 1. The van der Waals surface area contributed by atoms with Crippen LogP contribution < -0.4 is 0 Å². The van der Waals surface area contributed by atoms with E-state index in [1.165, 1.54) is 18.6 Å². The van der Waals surface area contributed by atoms with Gasteiger partial charge in [0.25, 0.3) is 0 Å². The summed E-state index contributed by atoms with van der Waals surface area (Å²) < 4.78 is 10.9. The maximum atomic E-state index is 12.0. The second-order valence-corrected chi connectivity index (χ2v) is 7.22. The first kappa shape index (κ1) is 18.3. The van der Waals surface area contributed by atoms with Gasteiger partial charge in [-0.2, -0.15) is 9.47 Å². The SMILES string of the molecule is COC(=O)c1cc(-c2nc(-c3cccc(C)c3)ns2)n(-c2ccccc2Cl)n1. The third-order valence-electron chi connectivity index (χ3n) is 4.11. The summed E-state index contributed by atoms with van der Waals surface area (Å²) in [4.78, 5) is 16.7. The van der Waals surface area contributed by atoms with Gasteiger partial charge >= 0.3 is 5.97 Å². The zero-order valence-corrected chi connectivity index (χ0v) is 16.7. The van der Waals surface area contributed by atoms with Gasteiger partial charge in [0.15, 0.2) is 16.5 Å². The van der Waals surface area contributed by atoms with Gasteiger partial charge in [-0.05, 0) is 36.7 Å². The van der Waals surface area contributed by atoms with Crippen LogP contribution in [-0.2, 0) is 4.74 Å². The fraction of sp³-hybridized carbons (Fsp3) is 0.100. The van der Waals surface area contributed by atoms with Gasteiger partial charge in [-0.25, -0.2) is 14.5 Å². The molecule has 6 nitrogen and oxygen atoms in total. The molecular weight excluding hydrogens is 396 g/mol. The number of ether oxygens (including phenoxy) is 1. The van der Waals surface area contributed by atoms with Crippen molar-refractivity contribution in [1.82, 2.24) is 19.1 Å². The van der Waals surface area contributed by atoms with Crippen molar-refractivity contribution in [1.29, 1.82) is 0 Å². The molecule has 0 unspecified atom stereocenters. The van der Waals surface area contributed by atoms with Gasteiger partial charge in [-0.1, -0.05) is 47.5 Å². The van der Waals surface area contributed by atoms with E-state index in [4.69, 9.17) is 16.3 Å². The van der Waals surface area contributed by atoms with Crippen LogP contribution in [0, 0.1) is 6.92 Å². The number of hydrogen-bond donors (Lipinski definition) is 0. The zero-order valence-electron chi connectivity index (χ0n) is 15.1. The van der Waals surface area contributed by atoms with E-state index in [1.54, 1.807) is 16.8 Å². The topological polar surface area (TPSA) is 69.9 Å². The van der Waals surface area contributed by atoms with E-state index in [1.807, 2.05) is 49.4 Å². The molecule has 4 aromatic rings. The lowest BCUT2D eigenvalue weighted by Gasteiger charge is -2.06. The summed E-state index contributed by atoms with van der Waals surface area (Å²) in [6.07, 6.45) is 0. The molecule has 0 saturated carbocycles. The molecule has 0 aliphatic rings. The third-order valence-corrected chi connectivity index (χ3v) is 5.16. The van der Waals surface area contributed by atoms with Crippen LogP contribution in [0.25, 0.3) is 27.8 Å². The van der Waals surface area contributed by atoms with E-state index in [0.29, 0.717) is 27.2 Å². The van der Waals surface area contributed by atoms with Gasteiger partial charge in [0.2, 0.25) is 0 Å². The van der Waals surface area contributed by atoms with Crippen molar-refractivity contribution in [2.75, 3.05) is 7.11 Å². The lowest BCUT2D eigenvalue weighted by atomic mass is 10.1. The Bertz CT molecular complexity index is 1170. The van der Waals surface area contributed by atoms with Crippen LogP contribution >= 0.6 is 23.1 Å². The minimum atomic E-state index is -0.532. The maximum Gasteiger partial charge on any atom is 0.358 e. The van der Waals surface area contributed by atoms with E-state index < -0.39 is 5.97 Å². The van der Waals surface area contributed by atoms with Crippen molar-refractivity contribution in [2.45, 2.75) is 6.92 Å². The molecule has 2 aromatic heterocycles. The van der Waals surface area contributed by atoms with E-state index in [9.17, 15) is 4.79 Å². The third kappa shape index (κ3) is 3.42. The number of carbonyl (C=O) groups is 1. The summed E-state index contributed by atoms with van der Waals surface area (Å²) in [5.41, 5.74) is 3.48. The van der Waals surface area contributed by atoms with E-state index >= 15 is 0 Å². The minimum absolute atomic E-state index is 0.171. The van der Waals surface area contributed by atoms with E-state index in [-0.39, 0.29) is 5.69 Å². The number of esters is 1. The predicted molar refractivity (Wildman–Crippen MR) is 109 cm³/mol. The van der Waals surface area contributed by atoms with Crippen LogP contribution in [0.1, 0.15) is 16.1 Å². The molecule has 0 radical (unpaired) electrons. The Labute approximate surface area is 170 Å². The Morgan fingerprint density at radius 3 is 2.71 bits per heavy atom. The molecule has 140 valence electrons. The van der Waals surface area contributed by atoms with Gasteiger partial charge in [0, 0.05) is 11.6 Å². The van der Waals surface area contributed by atoms with Crippen LogP contribution in [0.5, 0.6) is 0 Å². The lowest BCUT2D eigenvalue weighted by Crippen LogP contribution is -2.04. The highest BCUT2D eigenvalue weighted by molar-refractivity contribution is 7.09.